The molecule has 1 aliphatic heterocycles. The van der Waals surface area contributed by atoms with Crippen LogP contribution in [0.25, 0.3) is 0 Å². The summed E-state index contributed by atoms with van der Waals surface area (Å²) in [6.07, 6.45) is 0. The van der Waals surface area contributed by atoms with Crippen molar-refractivity contribution in [1.29, 1.82) is 0 Å². The van der Waals surface area contributed by atoms with E-state index in [-0.39, 0.29) is 6.54 Å². The van der Waals surface area contributed by atoms with Gasteiger partial charge in [0.1, 0.15) is 16.9 Å². The van der Waals surface area contributed by atoms with E-state index in [1.54, 1.807) is 0 Å². The molecule has 1 aromatic carbocycles. The van der Waals surface area contributed by atoms with Gasteiger partial charge in [-0.2, -0.15) is 0 Å². The first-order valence-electron chi connectivity index (χ1n) is 5.31. The van der Waals surface area contributed by atoms with E-state index in [9.17, 15) is 29.6 Å². The number of carbonyl (C=O) groups excluding carboxylic acids is 3. The summed E-state index contributed by atoms with van der Waals surface area (Å²) in [4.78, 5) is 46.1. The molecule has 0 fully saturated rings. The van der Waals surface area contributed by atoms with Crippen LogP contribution in [0.4, 0.5) is 5.69 Å². The highest BCUT2D eigenvalue weighted by Gasteiger charge is 2.43. The smallest absolute Gasteiger partial charge is 0.302 e. The standard InChI is InChI=1S/C11H8N2O6/c1-2-12-10(16)8-6(14)4-3-5(13(18)19)7(8)9(15)11(12)17/h3-4,14H,2H2,1H3. The molecule has 8 heteroatoms. The van der Waals surface area contributed by atoms with Crippen LogP contribution in [0, 0.1) is 10.1 Å². The number of nitro benzene ring substituents is 1. The molecule has 1 N–H and O–H groups in total. The van der Waals surface area contributed by atoms with Crippen LogP contribution in [0.15, 0.2) is 12.1 Å². The molecule has 98 valence electrons. The van der Waals surface area contributed by atoms with Gasteiger partial charge in [-0.05, 0) is 13.0 Å². The van der Waals surface area contributed by atoms with Crippen LogP contribution in [0.3, 0.4) is 0 Å². The van der Waals surface area contributed by atoms with Crippen LogP contribution in [0.5, 0.6) is 5.75 Å². The van der Waals surface area contributed by atoms with Gasteiger partial charge in [-0.1, -0.05) is 0 Å². The number of phenols is 1. The quantitative estimate of drug-likeness (QED) is 0.359. The van der Waals surface area contributed by atoms with Crippen LogP contribution in [0.1, 0.15) is 27.6 Å². The van der Waals surface area contributed by atoms with Gasteiger partial charge in [-0.3, -0.25) is 29.4 Å². The number of hydrogen-bond donors (Lipinski definition) is 1. The summed E-state index contributed by atoms with van der Waals surface area (Å²) in [5, 5.41) is 20.4. The molecule has 0 unspecified atom stereocenters. The first-order valence-corrected chi connectivity index (χ1v) is 5.31. The van der Waals surface area contributed by atoms with Crippen molar-refractivity contribution >= 4 is 23.3 Å². The Labute approximate surface area is 106 Å². The second-order valence-corrected chi connectivity index (χ2v) is 3.79. The molecular weight excluding hydrogens is 256 g/mol. The summed E-state index contributed by atoms with van der Waals surface area (Å²) in [6.45, 7) is 1.41. The number of aromatic hydroxyl groups is 1. The van der Waals surface area contributed by atoms with Gasteiger partial charge in [0.2, 0.25) is 0 Å². The Morgan fingerprint density at radius 3 is 2.37 bits per heavy atom. The molecule has 1 heterocycles. The van der Waals surface area contributed by atoms with E-state index in [1.165, 1.54) is 6.92 Å². The van der Waals surface area contributed by atoms with Gasteiger partial charge in [-0.25, -0.2) is 0 Å². The fourth-order valence-corrected chi connectivity index (χ4v) is 1.92. The zero-order chi connectivity index (χ0) is 14.3. The van der Waals surface area contributed by atoms with Gasteiger partial charge in [0.05, 0.1) is 4.92 Å². The highest BCUT2D eigenvalue weighted by Crippen LogP contribution is 2.34. The molecule has 2 rings (SSSR count). The second-order valence-electron chi connectivity index (χ2n) is 3.79. The molecule has 0 bridgehead atoms. The van der Waals surface area contributed by atoms with Crippen molar-refractivity contribution in [2.45, 2.75) is 6.92 Å². The third-order valence-electron chi connectivity index (χ3n) is 2.80. The fourth-order valence-electron chi connectivity index (χ4n) is 1.92. The topological polar surface area (TPSA) is 118 Å². The van der Waals surface area contributed by atoms with E-state index in [0.29, 0.717) is 4.90 Å². The van der Waals surface area contributed by atoms with E-state index < -0.39 is 45.1 Å². The number of nitrogens with zero attached hydrogens (tertiary/aromatic N) is 2. The van der Waals surface area contributed by atoms with Crippen molar-refractivity contribution < 1.29 is 24.4 Å². The molecule has 0 aromatic heterocycles. The Morgan fingerprint density at radius 2 is 1.84 bits per heavy atom. The Hall–Kier alpha value is -2.77. The maximum absolute atomic E-state index is 12.0. The number of amides is 2. The van der Waals surface area contributed by atoms with Crippen LogP contribution >= 0.6 is 0 Å². The lowest BCUT2D eigenvalue weighted by atomic mass is 9.94. The van der Waals surface area contributed by atoms with Gasteiger partial charge in [-0.15, -0.1) is 0 Å². The fraction of sp³-hybridized carbons (Fsp3) is 0.182. The number of likely N-dealkylation sites (N-methyl/N-ethyl adjacent to an activating group) is 1. The number of benzene rings is 1. The van der Waals surface area contributed by atoms with Gasteiger partial charge < -0.3 is 5.11 Å². The van der Waals surface area contributed by atoms with Crippen LogP contribution in [-0.2, 0) is 4.79 Å². The molecule has 0 saturated heterocycles. The zero-order valence-electron chi connectivity index (χ0n) is 9.74. The number of Topliss-reactive ketones (excluding diaryl/α,β-unsaturated/α-hetero) is 1. The molecule has 0 saturated carbocycles. The van der Waals surface area contributed by atoms with Crippen molar-refractivity contribution in [2.24, 2.45) is 0 Å². The Morgan fingerprint density at radius 1 is 1.21 bits per heavy atom. The van der Waals surface area contributed by atoms with Crippen molar-refractivity contribution in [1.82, 2.24) is 4.90 Å². The molecule has 19 heavy (non-hydrogen) atoms. The van der Waals surface area contributed by atoms with E-state index >= 15 is 0 Å². The lowest BCUT2D eigenvalue weighted by Gasteiger charge is -2.24. The Kier molecular flexibility index (Phi) is 2.78. The van der Waals surface area contributed by atoms with Crippen molar-refractivity contribution in [2.75, 3.05) is 6.54 Å². The molecule has 2 amide bonds. The number of nitro groups is 1. The molecular formula is C11H8N2O6. The Balaban J connectivity index is 2.82. The summed E-state index contributed by atoms with van der Waals surface area (Å²) in [5.41, 5.74) is -1.82. The average Bonchev–Trinajstić information content (AvgIpc) is 2.36. The first kappa shape index (κ1) is 12.7. The van der Waals surface area contributed by atoms with Gasteiger partial charge in [0, 0.05) is 12.6 Å². The summed E-state index contributed by atoms with van der Waals surface area (Å²) < 4.78 is 0. The molecule has 1 aliphatic rings. The van der Waals surface area contributed by atoms with Gasteiger partial charge in [0.15, 0.2) is 0 Å². The number of carbonyl (C=O) groups is 3. The summed E-state index contributed by atoms with van der Waals surface area (Å²) >= 11 is 0. The van der Waals surface area contributed by atoms with E-state index in [4.69, 9.17) is 0 Å². The summed E-state index contributed by atoms with van der Waals surface area (Å²) in [6, 6.07) is 1.83. The maximum Gasteiger partial charge on any atom is 0.302 e. The number of hydrogen-bond acceptors (Lipinski definition) is 6. The van der Waals surface area contributed by atoms with E-state index in [1.807, 2.05) is 0 Å². The minimum atomic E-state index is -1.17. The lowest BCUT2D eigenvalue weighted by Crippen LogP contribution is -2.46. The molecule has 0 atom stereocenters. The average molecular weight is 264 g/mol. The Bertz CT molecular complexity index is 636. The normalized spacial score (nSPS) is 14.6. The predicted octanol–water partition coefficient (Wildman–Crippen LogP) is 0.485. The molecule has 0 radical (unpaired) electrons. The largest absolute Gasteiger partial charge is 0.507 e. The third kappa shape index (κ3) is 1.65. The number of fused-ring (bicyclic) bond motifs is 1. The van der Waals surface area contributed by atoms with Crippen LogP contribution in [-0.4, -0.2) is 39.1 Å². The van der Waals surface area contributed by atoms with Gasteiger partial charge in [0.25, 0.3) is 17.4 Å². The van der Waals surface area contributed by atoms with Crippen molar-refractivity contribution in [3.8, 4) is 5.75 Å². The van der Waals surface area contributed by atoms with Crippen molar-refractivity contribution in [3.63, 3.8) is 0 Å². The SMILES string of the molecule is CCN1C(=O)C(=O)c2c([N+](=O)[O-])ccc(O)c2C1=O. The predicted molar refractivity (Wildman–Crippen MR) is 60.8 cm³/mol. The summed E-state index contributed by atoms with van der Waals surface area (Å²) in [7, 11) is 0. The monoisotopic (exact) mass is 264 g/mol. The highest BCUT2D eigenvalue weighted by atomic mass is 16.6. The van der Waals surface area contributed by atoms with Crippen LogP contribution < -0.4 is 0 Å². The highest BCUT2D eigenvalue weighted by molar-refractivity contribution is 6.50. The first-order chi connectivity index (χ1) is 8.90. The molecule has 8 nitrogen and oxygen atoms in total. The third-order valence-corrected chi connectivity index (χ3v) is 2.80. The zero-order valence-corrected chi connectivity index (χ0v) is 9.74. The molecule has 0 aliphatic carbocycles. The lowest BCUT2D eigenvalue weighted by molar-refractivity contribution is -0.385. The van der Waals surface area contributed by atoms with Gasteiger partial charge >= 0.3 is 5.91 Å². The summed E-state index contributed by atoms with van der Waals surface area (Å²) in [5.74, 6) is -3.78. The number of phenolic OH excluding ortho intramolecular Hbond substituents is 1. The maximum atomic E-state index is 12.0. The minimum absolute atomic E-state index is 0.0645. The number of rotatable bonds is 2. The number of imide groups is 1. The van der Waals surface area contributed by atoms with E-state index in [2.05, 4.69) is 0 Å². The molecule has 0 spiro atoms. The van der Waals surface area contributed by atoms with E-state index in [0.717, 1.165) is 12.1 Å². The molecule has 1 aromatic rings. The van der Waals surface area contributed by atoms with Crippen molar-refractivity contribution in [3.05, 3.63) is 33.4 Å². The second kappa shape index (κ2) is 4.16. The van der Waals surface area contributed by atoms with Crippen LogP contribution in [0.2, 0.25) is 0 Å². The minimum Gasteiger partial charge on any atom is -0.507 e. The number of ketones is 1.